The zero-order chi connectivity index (χ0) is 17.1. The van der Waals surface area contributed by atoms with E-state index < -0.39 is 0 Å². The molecule has 4 heteroatoms. The van der Waals surface area contributed by atoms with Crippen LogP contribution in [-0.4, -0.2) is 64.4 Å². The van der Waals surface area contributed by atoms with E-state index >= 15 is 0 Å². The van der Waals surface area contributed by atoms with Crippen LogP contribution in [0, 0.1) is 0 Å². The third-order valence-electron chi connectivity index (χ3n) is 5.62. The summed E-state index contributed by atoms with van der Waals surface area (Å²) >= 11 is 0. The molecule has 2 heterocycles. The van der Waals surface area contributed by atoms with Gasteiger partial charge in [0, 0.05) is 63.9 Å². The molecule has 4 nitrogen and oxygen atoms in total. The number of piperazine rings is 1. The van der Waals surface area contributed by atoms with E-state index in [0.717, 1.165) is 52.2 Å². The highest BCUT2D eigenvalue weighted by Crippen LogP contribution is 2.34. The lowest BCUT2D eigenvalue weighted by Gasteiger charge is -2.37. The highest BCUT2D eigenvalue weighted by atomic mass is 16.5. The molecule has 0 bridgehead atoms. The van der Waals surface area contributed by atoms with Crippen molar-refractivity contribution in [1.82, 2.24) is 4.90 Å². The zero-order valence-corrected chi connectivity index (χ0v) is 15.8. The molecule has 134 valence electrons. The number of hydrogen-bond donors (Lipinski definition) is 0. The fourth-order valence-corrected chi connectivity index (χ4v) is 3.86. The normalized spacial score (nSPS) is 20.6. The molecule has 0 N–H and O–H groups in total. The van der Waals surface area contributed by atoms with E-state index in [1.54, 1.807) is 0 Å². The Hall–Kier alpha value is -1.26. The van der Waals surface area contributed by atoms with Crippen molar-refractivity contribution >= 4 is 11.4 Å². The summed E-state index contributed by atoms with van der Waals surface area (Å²) in [4.78, 5) is 7.46. The van der Waals surface area contributed by atoms with Crippen molar-refractivity contribution in [2.75, 3.05) is 63.3 Å². The predicted octanol–water partition coefficient (Wildman–Crippen LogP) is 3.18. The summed E-state index contributed by atoms with van der Waals surface area (Å²) in [6.45, 7) is 10.9. The highest BCUT2D eigenvalue weighted by molar-refractivity contribution is 5.65. The van der Waals surface area contributed by atoms with Crippen molar-refractivity contribution in [2.24, 2.45) is 0 Å². The topological polar surface area (TPSA) is 19.0 Å². The molecule has 0 radical (unpaired) electrons. The number of anilines is 2. The summed E-state index contributed by atoms with van der Waals surface area (Å²) in [6, 6.07) is 7.70. The smallest absolute Gasteiger partial charge is 0.0485 e. The van der Waals surface area contributed by atoms with Gasteiger partial charge in [-0.15, -0.1) is 0 Å². The largest absolute Gasteiger partial charge is 0.381 e. The van der Waals surface area contributed by atoms with Crippen molar-refractivity contribution in [1.29, 1.82) is 0 Å². The van der Waals surface area contributed by atoms with Crippen LogP contribution in [0.5, 0.6) is 0 Å². The Morgan fingerprint density at radius 2 is 1.75 bits per heavy atom. The Labute approximate surface area is 147 Å². The fourth-order valence-electron chi connectivity index (χ4n) is 3.86. The molecule has 0 atom stereocenters. The van der Waals surface area contributed by atoms with Gasteiger partial charge in [0.1, 0.15) is 0 Å². The lowest BCUT2D eigenvalue weighted by Crippen LogP contribution is -2.44. The molecule has 2 aliphatic heterocycles. The van der Waals surface area contributed by atoms with Crippen molar-refractivity contribution in [2.45, 2.75) is 38.6 Å². The average molecular weight is 332 g/mol. The van der Waals surface area contributed by atoms with E-state index in [2.05, 4.69) is 60.8 Å². The third-order valence-corrected chi connectivity index (χ3v) is 5.62. The van der Waals surface area contributed by atoms with Crippen molar-refractivity contribution in [3.05, 3.63) is 23.8 Å². The van der Waals surface area contributed by atoms with Crippen LogP contribution < -0.4 is 9.80 Å². The van der Waals surface area contributed by atoms with Gasteiger partial charge in [-0.2, -0.15) is 0 Å². The minimum Gasteiger partial charge on any atom is -0.381 e. The van der Waals surface area contributed by atoms with Gasteiger partial charge >= 0.3 is 0 Å². The SMILES string of the molecule is CC(C)c1ccc(N2CCN(C)CC2)cc1N(C)C1CCOCC1. The van der Waals surface area contributed by atoms with Gasteiger partial charge in [0.25, 0.3) is 0 Å². The van der Waals surface area contributed by atoms with Crippen LogP contribution in [0.3, 0.4) is 0 Å². The van der Waals surface area contributed by atoms with Crippen molar-refractivity contribution < 1.29 is 4.74 Å². The molecule has 0 unspecified atom stereocenters. The van der Waals surface area contributed by atoms with E-state index in [4.69, 9.17) is 4.74 Å². The van der Waals surface area contributed by atoms with Gasteiger partial charge < -0.3 is 19.4 Å². The number of ether oxygens (including phenoxy) is 1. The number of benzene rings is 1. The van der Waals surface area contributed by atoms with Crippen molar-refractivity contribution in [3.63, 3.8) is 0 Å². The monoisotopic (exact) mass is 331 g/mol. The van der Waals surface area contributed by atoms with Gasteiger partial charge in [-0.1, -0.05) is 19.9 Å². The predicted molar refractivity (Wildman–Crippen MR) is 102 cm³/mol. The summed E-state index contributed by atoms with van der Waals surface area (Å²) in [5.74, 6) is 0.545. The van der Waals surface area contributed by atoms with E-state index in [1.165, 1.54) is 16.9 Å². The summed E-state index contributed by atoms with van der Waals surface area (Å²) < 4.78 is 5.55. The molecule has 2 fully saturated rings. The summed E-state index contributed by atoms with van der Waals surface area (Å²) in [5, 5.41) is 0. The summed E-state index contributed by atoms with van der Waals surface area (Å²) in [5.41, 5.74) is 4.25. The molecule has 3 rings (SSSR count). The molecule has 2 saturated heterocycles. The van der Waals surface area contributed by atoms with Gasteiger partial charge in [-0.25, -0.2) is 0 Å². The molecule has 0 amide bonds. The standard InChI is InChI=1S/C20H33N3O/c1-16(2)19-6-5-18(23-11-9-21(3)10-12-23)15-20(19)22(4)17-7-13-24-14-8-17/h5-6,15-17H,7-14H2,1-4H3. The zero-order valence-electron chi connectivity index (χ0n) is 15.8. The molecule has 0 spiro atoms. The van der Waals surface area contributed by atoms with Crippen LogP contribution in [0.15, 0.2) is 18.2 Å². The van der Waals surface area contributed by atoms with E-state index in [0.29, 0.717) is 12.0 Å². The second-order valence-electron chi connectivity index (χ2n) is 7.64. The average Bonchev–Trinajstić information content (AvgIpc) is 2.62. The summed E-state index contributed by atoms with van der Waals surface area (Å²) in [7, 11) is 4.48. The molecule has 24 heavy (non-hydrogen) atoms. The third kappa shape index (κ3) is 3.86. The van der Waals surface area contributed by atoms with E-state index in [-0.39, 0.29) is 0 Å². The van der Waals surface area contributed by atoms with Crippen molar-refractivity contribution in [3.8, 4) is 0 Å². The van der Waals surface area contributed by atoms with Crippen LogP contribution in [0.25, 0.3) is 0 Å². The van der Waals surface area contributed by atoms with E-state index in [1.807, 2.05) is 0 Å². The minimum atomic E-state index is 0.545. The Kier molecular flexibility index (Phi) is 5.67. The fraction of sp³-hybridized carbons (Fsp3) is 0.700. The maximum Gasteiger partial charge on any atom is 0.0485 e. The second-order valence-corrected chi connectivity index (χ2v) is 7.64. The first-order valence-electron chi connectivity index (χ1n) is 9.44. The lowest BCUT2D eigenvalue weighted by atomic mass is 9.97. The van der Waals surface area contributed by atoms with Gasteiger partial charge in [0.05, 0.1) is 0 Å². The Bertz CT molecular complexity index is 532. The van der Waals surface area contributed by atoms with E-state index in [9.17, 15) is 0 Å². The highest BCUT2D eigenvalue weighted by Gasteiger charge is 2.23. The molecular formula is C20H33N3O. The maximum absolute atomic E-state index is 5.55. The second kappa shape index (κ2) is 7.75. The molecule has 1 aromatic carbocycles. The van der Waals surface area contributed by atoms with Crippen LogP contribution in [0.1, 0.15) is 38.2 Å². The first-order chi connectivity index (χ1) is 11.6. The Balaban J connectivity index is 1.85. The Morgan fingerprint density at radius 1 is 1.08 bits per heavy atom. The molecule has 2 aliphatic rings. The lowest BCUT2D eigenvalue weighted by molar-refractivity contribution is 0.0854. The van der Waals surface area contributed by atoms with Crippen LogP contribution in [0.2, 0.25) is 0 Å². The van der Waals surface area contributed by atoms with Crippen LogP contribution in [-0.2, 0) is 4.74 Å². The molecule has 0 aromatic heterocycles. The first-order valence-corrected chi connectivity index (χ1v) is 9.44. The number of nitrogens with zero attached hydrogens (tertiary/aromatic N) is 3. The van der Waals surface area contributed by atoms with Gasteiger partial charge in [-0.3, -0.25) is 0 Å². The summed E-state index contributed by atoms with van der Waals surface area (Å²) in [6.07, 6.45) is 2.26. The van der Waals surface area contributed by atoms with Gasteiger partial charge in [0.15, 0.2) is 0 Å². The van der Waals surface area contributed by atoms with Gasteiger partial charge in [0.2, 0.25) is 0 Å². The molecular weight excluding hydrogens is 298 g/mol. The van der Waals surface area contributed by atoms with Gasteiger partial charge in [-0.05, 0) is 43.5 Å². The maximum atomic E-state index is 5.55. The number of rotatable bonds is 4. The van der Waals surface area contributed by atoms with Crippen LogP contribution in [0.4, 0.5) is 11.4 Å². The number of likely N-dealkylation sites (N-methyl/N-ethyl adjacent to an activating group) is 1. The molecule has 1 aromatic rings. The quantitative estimate of drug-likeness (QED) is 0.843. The van der Waals surface area contributed by atoms with Crippen LogP contribution >= 0.6 is 0 Å². The number of hydrogen-bond acceptors (Lipinski definition) is 4. The molecule has 0 aliphatic carbocycles. The Morgan fingerprint density at radius 3 is 2.38 bits per heavy atom. The first kappa shape index (κ1) is 17.6. The molecule has 0 saturated carbocycles. The minimum absolute atomic E-state index is 0.545.